The summed E-state index contributed by atoms with van der Waals surface area (Å²) in [5.74, 6) is 1.90. The molecule has 0 N–H and O–H groups in total. The zero-order valence-electron chi connectivity index (χ0n) is 15.3. The molecule has 0 aliphatic carbocycles. The highest BCUT2D eigenvalue weighted by Gasteiger charge is 2.26. The third-order valence-electron chi connectivity index (χ3n) is 4.48. The highest BCUT2D eigenvalue weighted by Crippen LogP contribution is 2.30. The minimum Gasteiger partial charge on any atom is -0.497 e. The monoisotopic (exact) mass is 364 g/mol. The molecule has 138 valence electrons. The quantitative estimate of drug-likeness (QED) is 0.680. The Balaban J connectivity index is 1.58. The molecule has 27 heavy (non-hydrogen) atoms. The molecule has 0 bridgehead atoms. The molecule has 4 rings (SSSR count). The van der Waals surface area contributed by atoms with Crippen LogP contribution < -0.4 is 14.2 Å². The Morgan fingerprint density at radius 1 is 1.11 bits per heavy atom. The van der Waals surface area contributed by atoms with Crippen LogP contribution in [0.3, 0.4) is 0 Å². The molecule has 0 saturated heterocycles. The van der Waals surface area contributed by atoms with E-state index in [2.05, 4.69) is 4.98 Å². The molecular weight excluding hydrogens is 344 g/mol. The Kier molecular flexibility index (Phi) is 4.54. The van der Waals surface area contributed by atoms with E-state index in [1.54, 1.807) is 12.0 Å². The van der Waals surface area contributed by atoms with E-state index >= 15 is 0 Å². The second-order valence-corrected chi connectivity index (χ2v) is 6.31. The largest absolute Gasteiger partial charge is 0.497 e. The van der Waals surface area contributed by atoms with Crippen molar-refractivity contribution >= 4 is 17.0 Å². The number of nitrogens with zero attached hydrogens (tertiary/aromatic N) is 2. The van der Waals surface area contributed by atoms with Crippen LogP contribution in [0.5, 0.6) is 17.4 Å². The first-order valence-electron chi connectivity index (χ1n) is 8.82. The minimum absolute atomic E-state index is 0.368. The Labute approximate surface area is 157 Å². The molecule has 0 fully saturated rings. The summed E-state index contributed by atoms with van der Waals surface area (Å²) in [7, 11) is 1.63. The number of pyridine rings is 1. The van der Waals surface area contributed by atoms with Crippen molar-refractivity contribution in [3.05, 3.63) is 59.7 Å². The molecule has 0 radical (unpaired) electrons. The number of ether oxygens (including phenoxy) is 3. The highest BCUT2D eigenvalue weighted by molar-refractivity contribution is 5.83. The summed E-state index contributed by atoms with van der Waals surface area (Å²) in [4.78, 5) is 18.6. The number of hydrogen-bond acceptors (Lipinski definition) is 5. The number of benzene rings is 2. The molecule has 2 aromatic carbocycles. The number of aromatic nitrogens is 1. The average Bonchev–Trinajstić information content (AvgIpc) is 2.68. The van der Waals surface area contributed by atoms with Crippen LogP contribution in [-0.4, -0.2) is 29.7 Å². The van der Waals surface area contributed by atoms with Gasteiger partial charge < -0.3 is 14.2 Å². The van der Waals surface area contributed by atoms with Gasteiger partial charge in [-0.05, 0) is 42.8 Å². The van der Waals surface area contributed by atoms with Crippen LogP contribution in [0.15, 0.2) is 48.5 Å². The summed E-state index contributed by atoms with van der Waals surface area (Å²) >= 11 is 0. The number of carbonyl (C=O) groups is 1. The number of amides is 1. The van der Waals surface area contributed by atoms with Crippen molar-refractivity contribution in [3.8, 4) is 17.4 Å². The molecule has 0 spiro atoms. The lowest BCUT2D eigenvalue weighted by Crippen LogP contribution is -2.36. The Morgan fingerprint density at radius 2 is 1.89 bits per heavy atom. The SMILES string of the molecule is CCOc1ccc2cc3c(nc2c1)OC(=O)N(Cc1ccc(OC)cc1)C3. The third-order valence-corrected chi connectivity index (χ3v) is 4.48. The molecule has 1 aliphatic heterocycles. The number of carbonyl (C=O) groups excluding carboxylic acids is 1. The molecule has 2 heterocycles. The molecule has 1 aliphatic rings. The topological polar surface area (TPSA) is 60.9 Å². The van der Waals surface area contributed by atoms with Crippen LogP contribution in [0, 0.1) is 0 Å². The van der Waals surface area contributed by atoms with Gasteiger partial charge in [-0.1, -0.05) is 12.1 Å². The molecule has 0 unspecified atom stereocenters. The van der Waals surface area contributed by atoms with Crippen LogP contribution in [0.1, 0.15) is 18.1 Å². The van der Waals surface area contributed by atoms with Crippen LogP contribution in [0.2, 0.25) is 0 Å². The van der Waals surface area contributed by atoms with E-state index in [9.17, 15) is 4.79 Å². The number of rotatable bonds is 5. The van der Waals surface area contributed by atoms with Gasteiger partial charge in [-0.25, -0.2) is 9.78 Å². The van der Waals surface area contributed by atoms with Crippen LogP contribution >= 0.6 is 0 Å². The zero-order valence-corrected chi connectivity index (χ0v) is 15.3. The van der Waals surface area contributed by atoms with Crippen LogP contribution in [0.25, 0.3) is 10.9 Å². The van der Waals surface area contributed by atoms with E-state index in [1.807, 2.05) is 55.5 Å². The summed E-state index contributed by atoms with van der Waals surface area (Å²) in [5, 5.41) is 0.986. The predicted octanol–water partition coefficient (Wildman–Crippen LogP) is 4.16. The second-order valence-electron chi connectivity index (χ2n) is 6.31. The molecule has 6 heteroatoms. The Bertz CT molecular complexity index is 985. The van der Waals surface area contributed by atoms with Crippen molar-refractivity contribution in [2.45, 2.75) is 20.0 Å². The fraction of sp³-hybridized carbons (Fsp3) is 0.238. The molecule has 6 nitrogen and oxygen atoms in total. The van der Waals surface area contributed by atoms with Gasteiger partial charge in [0.15, 0.2) is 0 Å². The standard InChI is InChI=1S/C21H20N2O4/c1-3-26-18-9-6-15-10-16-13-23(12-14-4-7-17(25-2)8-5-14)21(24)27-20(16)22-19(15)11-18/h4-11H,3,12-13H2,1-2H3. The minimum atomic E-state index is -0.397. The molecule has 1 aromatic heterocycles. The number of hydrogen-bond donors (Lipinski definition) is 0. The van der Waals surface area contributed by atoms with Gasteiger partial charge in [0.1, 0.15) is 11.5 Å². The summed E-state index contributed by atoms with van der Waals surface area (Å²) in [6.45, 7) is 3.44. The molecule has 3 aromatic rings. The van der Waals surface area contributed by atoms with Gasteiger partial charge in [-0.15, -0.1) is 0 Å². The summed E-state index contributed by atoms with van der Waals surface area (Å²) in [6.07, 6.45) is -0.397. The van der Waals surface area contributed by atoms with E-state index < -0.39 is 6.09 Å². The van der Waals surface area contributed by atoms with Crippen LogP contribution in [0.4, 0.5) is 4.79 Å². The second kappa shape index (κ2) is 7.15. The lowest BCUT2D eigenvalue weighted by molar-refractivity contribution is 0.133. The smallest absolute Gasteiger partial charge is 0.417 e. The van der Waals surface area contributed by atoms with Gasteiger partial charge in [0.2, 0.25) is 5.88 Å². The van der Waals surface area contributed by atoms with Crippen LogP contribution in [-0.2, 0) is 13.1 Å². The van der Waals surface area contributed by atoms with E-state index in [1.165, 1.54) is 0 Å². The summed E-state index contributed by atoms with van der Waals surface area (Å²) < 4.78 is 16.2. The van der Waals surface area contributed by atoms with Gasteiger partial charge in [0.05, 0.1) is 25.8 Å². The van der Waals surface area contributed by atoms with E-state index in [-0.39, 0.29) is 0 Å². The maximum absolute atomic E-state index is 12.4. The van der Waals surface area contributed by atoms with E-state index in [4.69, 9.17) is 14.2 Å². The third kappa shape index (κ3) is 3.51. The van der Waals surface area contributed by atoms with E-state index in [0.717, 1.165) is 33.5 Å². The average molecular weight is 364 g/mol. The fourth-order valence-electron chi connectivity index (χ4n) is 3.12. The highest BCUT2D eigenvalue weighted by atomic mass is 16.6. The van der Waals surface area contributed by atoms with Crippen molar-refractivity contribution in [1.82, 2.24) is 9.88 Å². The molecule has 0 saturated carbocycles. The first-order chi connectivity index (χ1) is 13.2. The Hall–Kier alpha value is -3.28. The van der Waals surface area contributed by atoms with Gasteiger partial charge in [-0.2, -0.15) is 0 Å². The Morgan fingerprint density at radius 3 is 2.63 bits per heavy atom. The fourth-order valence-corrected chi connectivity index (χ4v) is 3.12. The lowest BCUT2D eigenvalue weighted by Gasteiger charge is -2.27. The maximum Gasteiger partial charge on any atom is 0.417 e. The van der Waals surface area contributed by atoms with Crippen molar-refractivity contribution < 1.29 is 19.0 Å². The van der Waals surface area contributed by atoms with Crippen molar-refractivity contribution in [2.75, 3.05) is 13.7 Å². The normalized spacial score (nSPS) is 13.3. The number of fused-ring (bicyclic) bond motifs is 2. The summed E-state index contributed by atoms with van der Waals surface area (Å²) in [5.41, 5.74) is 2.64. The van der Waals surface area contributed by atoms with Crippen molar-refractivity contribution in [2.24, 2.45) is 0 Å². The summed E-state index contributed by atoms with van der Waals surface area (Å²) in [6, 6.07) is 15.4. The molecule has 1 amide bonds. The number of methoxy groups -OCH3 is 1. The first kappa shape index (κ1) is 17.1. The van der Waals surface area contributed by atoms with E-state index in [0.29, 0.717) is 25.6 Å². The maximum atomic E-state index is 12.4. The van der Waals surface area contributed by atoms with Crippen molar-refractivity contribution in [3.63, 3.8) is 0 Å². The van der Waals surface area contributed by atoms with Gasteiger partial charge in [0.25, 0.3) is 0 Å². The molecule has 0 atom stereocenters. The molecular formula is C21H20N2O4. The van der Waals surface area contributed by atoms with Gasteiger partial charge in [-0.3, -0.25) is 4.90 Å². The van der Waals surface area contributed by atoms with Gasteiger partial charge >= 0.3 is 6.09 Å². The predicted molar refractivity (Wildman–Crippen MR) is 101 cm³/mol. The lowest BCUT2D eigenvalue weighted by atomic mass is 10.1. The first-order valence-corrected chi connectivity index (χ1v) is 8.82. The zero-order chi connectivity index (χ0) is 18.8. The van der Waals surface area contributed by atoms with Gasteiger partial charge in [0, 0.05) is 23.6 Å². The van der Waals surface area contributed by atoms with Crippen molar-refractivity contribution in [1.29, 1.82) is 0 Å².